The van der Waals surface area contributed by atoms with Crippen molar-refractivity contribution in [2.24, 2.45) is 12.0 Å². The van der Waals surface area contributed by atoms with Gasteiger partial charge in [-0.15, -0.1) is 0 Å². The van der Waals surface area contributed by atoms with Crippen LogP contribution in [0.25, 0.3) is 22.7 Å². The van der Waals surface area contributed by atoms with Gasteiger partial charge in [0, 0.05) is 44.5 Å². The van der Waals surface area contributed by atoms with Crippen LogP contribution in [0, 0.1) is 0 Å². The number of aromatic nitrogens is 3. The summed E-state index contributed by atoms with van der Waals surface area (Å²) in [6, 6.07) is 11.7. The zero-order valence-corrected chi connectivity index (χ0v) is 31.5. The SMILES string of the molecule is C=N/C(=C\C=C(/C)OCCOCCOCCNc1cccc2c1C(=O)N(C1CCC(=O)N(C)C1=O)C2=O)C(=O)Nc1ccc2oc(-c3ccc(=O)n(C)n3)nc2c1. The van der Waals surface area contributed by atoms with E-state index in [2.05, 4.69) is 32.4 Å². The normalized spacial score (nSPS) is 16.0. The van der Waals surface area contributed by atoms with Crippen LogP contribution in [-0.4, -0.2) is 113 Å². The van der Waals surface area contributed by atoms with Crippen LogP contribution in [-0.2, 0) is 35.6 Å². The number of fused-ring (bicyclic) bond motifs is 2. The van der Waals surface area contributed by atoms with E-state index in [4.69, 9.17) is 18.6 Å². The Balaban J connectivity index is 0.882. The predicted molar refractivity (Wildman–Crippen MR) is 206 cm³/mol. The maximum atomic E-state index is 13.3. The highest BCUT2D eigenvalue weighted by Gasteiger charge is 2.47. The molecule has 5 amide bonds. The van der Waals surface area contributed by atoms with Gasteiger partial charge in [-0.2, -0.15) is 5.10 Å². The number of nitrogens with one attached hydrogen (secondary N) is 2. The number of imide groups is 2. The Bertz CT molecular complexity index is 2360. The van der Waals surface area contributed by atoms with Crippen LogP contribution < -0.4 is 16.2 Å². The third-order valence-electron chi connectivity index (χ3n) is 9.07. The maximum absolute atomic E-state index is 13.3. The molecule has 2 aliphatic rings. The maximum Gasteiger partial charge on any atom is 0.274 e. The molecule has 0 spiro atoms. The summed E-state index contributed by atoms with van der Waals surface area (Å²) in [4.78, 5) is 85.8. The van der Waals surface area contributed by atoms with Gasteiger partial charge in [-0.25, -0.2) is 9.67 Å². The molecule has 1 unspecified atom stereocenters. The molecule has 296 valence electrons. The number of likely N-dealkylation sites (N-methyl/N-ethyl adjacent to an activating group) is 1. The molecule has 0 aliphatic carbocycles. The lowest BCUT2D eigenvalue weighted by Gasteiger charge is -2.32. The molecular weight excluding hydrogens is 740 g/mol. The molecule has 57 heavy (non-hydrogen) atoms. The minimum absolute atomic E-state index is 0.0533. The van der Waals surface area contributed by atoms with E-state index < -0.39 is 29.7 Å². The summed E-state index contributed by atoms with van der Waals surface area (Å²) in [5, 5.41) is 10.0. The summed E-state index contributed by atoms with van der Waals surface area (Å²) in [6.45, 7) is 6.98. The number of anilines is 2. The monoisotopic (exact) mass is 780 g/mol. The third-order valence-corrected chi connectivity index (χ3v) is 9.07. The molecule has 0 bridgehead atoms. The number of piperidine rings is 1. The van der Waals surface area contributed by atoms with E-state index in [1.807, 2.05) is 0 Å². The number of oxazole rings is 1. The Morgan fingerprint density at radius 1 is 0.982 bits per heavy atom. The fourth-order valence-electron chi connectivity index (χ4n) is 6.08. The second-order valence-electron chi connectivity index (χ2n) is 12.9. The molecule has 18 heteroatoms. The van der Waals surface area contributed by atoms with E-state index >= 15 is 0 Å². The Labute approximate surface area is 325 Å². The standard InChI is InChI=1S/C39H40N8O10/c1-23(8-10-27(40-2)35(50)42-24-9-13-31-29(22-24)43-36(57-31)28-11-14-33(49)46(4)44-28)56-21-20-55-19-18-54-17-16-41-26-7-5-6-25-34(26)39(53)47(37(25)51)30-12-15-32(48)45(3)38(30)52/h5-11,13-14,22,30,41H,2,12,15-21H2,1,3-4H3,(H,42,50)/b23-8+,27-10-. The predicted octanol–water partition coefficient (Wildman–Crippen LogP) is 2.92. The molecule has 1 atom stereocenters. The number of amides is 5. The molecule has 2 aromatic heterocycles. The summed E-state index contributed by atoms with van der Waals surface area (Å²) in [5.41, 5.74) is 2.42. The lowest BCUT2D eigenvalue weighted by Crippen LogP contribution is -2.54. The molecule has 2 N–H and O–H groups in total. The number of allylic oxidation sites excluding steroid dienone is 3. The second kappa shape index (κ2) is 17.8. The van der Waals surface area contributed by atoms with Crippen LogP contribution in [0.3, 0.4) is 0 Å². The number of carbonyl (C=O) groups excluding carboxylic acids is 5. The second-order valence-corrected chi connectivity index (χ2v) is 12.9. The van der Waals surface area contributed by atoms with Gasteiger partial charge in [-0.05, 0) is 68.6 Å². The molecular formula is C39H40N8O10. The van der Waals surface area contributed by atoms with E-state index in [-0.39, 0.29) is 66.8 Å². The first-order valence-corrected chi connectivity index (χ1v) is 17.9. The van der Waals surface area contributed by atoms with E-state index in [0.717, 1.165) is 9.80 Å². The highest BCUT2D eigenvalue weighted by molar-refractivity contribution is 6.25. The van der Waals surface area contributed by atoms with Gasteiger partial charge in [0.05, 0.1) is 43.3 Å². The molecule has 1 fully saturated rings. The first kappa shape index (κ1) is 39.9. The van der Waals surface area contributed by atoms with Crippen molar-refractivity contribution in [2.45, 2.75) is 25.8 Å². The quantitative estimate of drug-likeness (QED) is 0.0394. The number of nitrogens with zero attached hydrogens (tertiary/aromatic N) is 6. The number of hydrogen-bond donors (Lipinski definition) is 2. The van der Waals surface area contributed by atoms with E-state index in [1.54, 1.807) is 49.4 Å². The number of likely N-dealkylation sites (tertiary alicyclic amines) is 1. The van der Waals surface area contributed by atoms with Gasteiger partial charge in [0.1, 0.15) is 29.6 Å². The van der Waals surface area contributed by atoms with Crippen LogP contribution in [0.15, 0.2) is 86.3 Å². The van der Waals surface area contributed by atoms with Crippen molar-refractivity contribution < 1.29 is 42.6 Å². The molecule has 4 aromatic rings. The Hall–Kier alpha value is -6.79. The van der Waals surface area contributed by atoms with Crippen molar-refractivity contribution in [2.75, 3.05) is 57.3 Å². The van der Waals surface area contributed by atoms with Gasteiger partial charge in [0.2, 0.25) is 11.8 Å². The molecule has 18 nitrogen and oxygen atoms in total. The van der Waals surface area contributed by atoms with Crippen molar-refractivity contribution >= 4 is 58.7 Å². The molecule has 2 aromatic carbocycles. The lowest BCUT2D eigenvalue weighted by molar-refractivity contribution is -0.149. The smallest absolute Gasteiger partial charge is 0.274 e. The van der Waals surface area contributed by atoms with E-state index in [1.165, 1.54) is 37.0 Å². The highest BCUT2D eigenvalue weighted by Crippen LogP contribution is 2.33. The van der Waals surface area contributed by atoms with E-state index in [0.29, 0.717) is 53.7 Å². The number of benzene rings is 2. The average Bonchev–Trinajstić information content (AvgIpc) is 3.73. The van der Waals surface area contributed by atoms with Gasteiger partial charge in [-0.1, -0.05) is 6.07 Å². The van der Waals surface area contributed by atoms with Gasteiger partial charge < -0.3 is 29.3 Å². The number of ether oxygens (including phenoxy) is 3. The van der Waals surface area contributed by atoms with Gasteiger partial charge in [0.15, 0.2) is 5.58 Å². The number of aryl methyl sites for hydroxylation is 1. The minimum Gasteiger partial charge on any atom is -0.496 e. The number of carbonyl (C=O) groups is 5. The van der Waals surface area contributed by atoms with Crippen LogP contribution in [0.1, 0.15) is 40.5 Å². The fraction of sp³-hybridized carbons (Fsp3) is 0.308. The highest BCUT2D eigenvalue weighted by atomic mass is 16.5. The summed E-state index contributed by atoms with van der Waals surface area (Å²) >= 11 is 0. The van der Waals surface area contributed by atoms with E-state index in [9.17, 15) is 28.8 Å². The molecule has 0 saturated carbocycles. The van der Waals surface area contributed by atoms with Crippen LogP contribution in [0.5, 0.6) is 0 Å². The Kier molecular flexibility index (Phi) is 12.4. The molecule has 1 saturated heterocycles. The van der Waals surface area contributed by atoms with Gasteiger partial charge in [-0.3, -0.25) is 43.6 Å². The molecule has 4 heterocycles. The number of hydrogen-bond acceptors (Lipinski definition) is 14. The lowest BCUT2D eigenvalue weighted by atomic mass is 10.0. The molecule has 0 radical (unpaired) electrons. The zero-order chi connectivity index (χ0) is 40.6. The Morgan fingerprint density at radius 2 is 1.75 bits per heavy atom. The summed E-state index contributed by atoms with van der Waals surface area (Å²) < 4.78 is 23.8. The number of aliphatic imine (C=N–C) groups is 1. The first-order chi connectivity index (χ1) is 27.5. The van der Waals surface area contributed by atoms with Crippen molar-refractivity contribution in [1.29, 1.82) is 0 Å². The van der Waals surface area contributed by atoms with Gasteiger partial charge >= 0.3 is 0 Å². The largest absolute Gasteiger partial charge is 0.496 e. The third kappa shape index (κ3) is 9.03. The number of rotatable bonds is 17. The summed E-state index contributed by atoms with van der Waals surface area (Å²) in [7, 11) is 2.88. The summed E-state index contributed by atoms with van der Waals surface area (Å²) in [6.07, 6.45) is 3.23. The van der Waals surface area contributed by atoms with Crippen LogP contribution >= 0.6 is 0 Å². The van der Waals surface area contributed by atoms with Crippen molar-refractivity contribution in [1.82, 2.24) is 24.6 Å². The van der Waals surface area contributed by atoms with Crippen LogP contribution in [0.2, 0.25) is 0 Å². The van der Waals surface area contributed by atoms with Gasteiger partial charge in [0.25, 0.3) is 29.2 Å². The molecule has 6 rings (SSSR count). The fourth-order valence-corrected chi connectivity index (χ4v) is 6.08. The van der Waals surface area contributed by atoms with Crippen molar-refractivity contribution in [3.8, 4) is 11.6 Å². The zero-order valence-electron chi connectivity index (χ0n) is 31.5. The average molecular weight is 781 g/mol. The minimum atomic E-state index is -1.02. The molecule has 2 aliphatic heterocycles. The first-order valence-electron chi connectivity index (χ1n) is 17.9. The summed E-state index contributed by atoms with van der Waals surface area (Å²) in [5.74, 6) is -1.81. The van der Waals surface area contributed by atoms with Crippen molar-refractivity contribution in [3.05, 3.63) is 93.6 Å². The van der Waals surface area contributed by atoms with Crippen LogP contribution in [0.4, 0.5) is 11.4 Å². The Morgan fingerprint density at radius 3 is 2.53 bits per heavy atom. The topological polar surface area (TPSA) is 217 Å². The van der Waals surface area contributed by atoms with Crippen molar-refractivity contribution in [3.63, 3.8) is 0 Å².